The SMILES string of the molecule is CC(NC(=O)C(S)C(C)C)c1ccc(Cl)cc1Cl. The molecule has 0 aliphatic carbocycles. The number of nitrogens with one attached hydrogen (secondary N) is 1. The summed E-state index contributed by atoms with van der Waals surface area (Å²) in [6.45, 7) is 5.79. The number of hydrogen-bond acceptors (Lipinski definition) is 2. The molecule has 0 heterocycles. The van der Waals surface area contributed by atoms with Crippen LogP contribution in [0, 0.1) is 5.92 Å². The molecule has 1 rings (SSSR count). The fourth-order valence-corrected chi connectivity index (χ4v) is 2.18. The average molecular weight is 306 g/mol. The number of halogens is 2. The molecule has 0 spiro atoms. The smallest absolute Gasteiger partial charge is 0.233 e. The van der Waals surface area contributed by atoms with Gasteiger partial charge in [0.05, 0.1) is 11.3 Å². The molecule has 0 aliphatic rings. The molecule has 18 heavy (non-hydrogen) atoms. The topological polar surface area (TPSA) is 29.1 Å². The van der Waals surface area contributed by atoms with E-state index in [0.29, 0.717) is 10.0 Å². The Kier molecular flexibility index (Phi) is 5.83. The number of rotatable bonds is 4. The van der Waals surface area contributed by atoms with Crippen LogP contribution in [0.4, 0.5) is 0 Å². The summed E-state index contributed by atoms with van der Waals surface area (Å²) in [5, 5.41) is 3.71. The van der Waals surface area contributed by atoms with Crippen molar-refractivity contribution in [3.63, 3.8) is 0 Å². The summed E-state index contributed by atoms with van der Waals surface area (Å²) in [7, 11) is 0. The van der Waals surface area contributed by atoms with Crippen molar-refractivity contribution >= 4 is 41.7 Å². The van der Waals surface area contributed by atoms with Crippen LogP contribution in [0.1, 0.15) is 32.4 Å². The van der Waals surface area contributed by atoms with E-state index in [1.807, 2.05) is 26.8 Å². The third-order valence-corrected chi connectivity index (χ3v) is 4.08. The molecule has 1 aromatic carbocycles. The predicted molar refractivity (Wildman–Crippen MR) is 80.6 cm³/mol. The van der Waals surface area contributed by atoms with Crippen molar-refractivity contribution in [3.05, 3.63) is 33.8 Å². The first kappa shape index (κ1) is 15.7. The van der Waals surface area contributed by atoms with E-state index in [0.717, 1.165) is 5.56 Å². The van der Waals surface area contributed by atoms with Crippen molar-refractivity contribution in [2.45, 2.75) is 32.1 Å². The lowest BCUT2D eigenvalue weighted by Gasteiger charge is -2.20. The fourth-order valence-electron chi connectivity index (χ4n) is 1.53. The molecule has 0 aromatic heterocycles. The molecular formula is C13H17Cl2NOS. The van der Waals surface area contributed by atoms with E-state index in [4.69, 9.17) is 23.2 Å². The molecule has 0 fully saturated rings. The number of thiol groups is 1. The molecular weight excluding hydrogens is 289 g/mol. The zero-order chi connectivity index (χ0) is 13.9. The van der Waals surface area contributed by atoms with Crippen LogP contribution in [0.25, 0.3) is 0 Å². The molecule has 0 saturated heterocycles. The minimum atomic E-state index is -0.321. The number of hydrogen-bond donors (Lipinski definition) is 2. The van der Waals surface area contributed by atoms with E-state index < -0.39 is 0 Å². The lowest BCUT2D eigenvalue weighted by Crippen LogP contribution is -2.36. The Morgan fingerprint density at radius 1 is 1.28 bits per heavy atom. The fraction of sp³-hybridized carbons (Fsp3) is 0.462. The van der Waals surface area contributed by atoms with Gasteiger partial charge in [-0.15, -0.1) is 0 Å². The van der Waals surface area contributed by atoms with E-state index in [1.54, 1.807) is 12.1 Å². The standard InChI is InChI=1S/C13H17Cl2NOS/c1-7(2)12(18)13(17)16-8(3)10-5-4-9(14)6-11(10)15/h4-8,12,18H,1-3H3,(H,16,17). The van der Waals surface area contributed by atoms with Crippen molar-refractivity contribution in [1.29, 1.82) is 0 Å². The highest BCUT2D eigenvalue weighted by molar-refractivity contribution is 7.81. The Balaban J connectivity index is 2.76. The average Bonchev–Trinajstić information content (AvgIpc) is 2.27. The third kappa shape index (κ3) is 4.08. The van der Waals surface area contributed by atoms with Crippen LogP contribution in [-0.4, -0.2) is 11.2 Å². The zero-order valence-corrected chi connectivity index (χ0v) is 13.0. The molecule has 2 unspecified atom stereocenters. The first-order valence-electron chi connectivity index (χ1n) is 5.76. The van der Waals surface area contributed by atoms with Gasteiger partial charge in [0.25, 0.3) is 0 Å². The van der Waals surface area contributed by atoms with E-state index in [1.165, 1.54) is 0 Å². The van der Waals surface area contributed by atoms with Gasteiger partial charge in [0, 0.05) is 10.0 Å². The van der Waals surface area contributed by atoms with Crippen LogP contribution < -0.4 is 5.32 Å². The lowest BCUT2D eigenvalue weighted by molar-refractivity contribution is -0.121. The lowest BCUT2D eigenvalue weighted by atomic mass is 10.1. The second kappa shape index (κ2) is 6.69. The van der Waals surface area contributed by atoms with E-state index in [9.17, 15) is 4.79 Å². The molecule has 100 valence electrons. The first-order valence-corrected chi connectivity index (χ1v) is 7.03. The van der Waals surface area contributed by atoms with Crippen LogP contribution in [0.2, 0.25) is 10.0 Å². The first-order chi connectivity index (χ1) is 8.32. The van der Waals surface area contributed by atoms with E-state index in [-0.39, 0.29) is 23.1 Å². The van der Waals surface area contributed by atoms with Crippen molar-refractivity contribution in [3.8, 4) is 0 Å². The molecule has 0 aliphatic heterocycles. The Bertz CT molecular complexity index is 437. The maximum Gasteiger partial charge on any atom is 0.233 e. The molecule has 0 radical (unpaired) electrons. The normalized spacial score (nSPS) is 14.4. The minimum absolute atomic E-state index is 0.0909. The molecule has 0 saturated carbocycles. The van der Waals surface area contributed by atoms with Crippen LogP contribution >= 0.6 is 35.8 Å². The summed E-state index contributed by atoms with van der Waals surface area (Å²) >= 11 is 16.2. The molecule has 1 aromatic rings. The maximum absolute atomic E-state index is 11.9. The number of carbonyl (C=O) groups excluding carboxylic acids is 1. The predicted octanol–water partition coefficient (Wildman–Crippen LogP) is 4.13. The summed E-state index contributed by atoms with van der Waals surface area (Å²) < 4.78 is 0. The number of amides is 1. The second-order valence-electron chi connectivity index (χ2n) is 4.58. The quantitative estimate of drug-likeness (QED) is 0.805. The molecule has 5 heteroatoms. The molecule has 0 bridgehead atoms. The Morgan fingerprint density at radius 2 is 1.89 bits per heavy atom. The van der Waals surface area contributed by atoms with Crippen LogP contribution in [0.3, 0.4) is 0 Å². The van der Waals surface area contributed by atoms with E-state index in [2.05, 4.69) is 17.9 Å². The van der Waals surface area contributed by atoms with Gasteiger partial charge in [-0.1, -0.05) is 43.1 Å². The van der Waals surface area contributed by atoms with Crippen LogP contribution in [-0.2, 0) is 4.79 Å². The maximum atomic E-state index is 11.9. The molecule has 1 amide bonds. The summed E-state index contributed by atoms with van der Waals surface area (Å²) in [4.78, 5) is 11.9. The van der Waals surface area contributed by atoms with Crippen molar-refractivity contribution < 1.29 is 4.79 Å². The second-order valence-corrected chi connectivity index (χ2v) is 5.98. The van der Waals surface area contributed by atoms with Gasteiger partial charge in [0.1, 0.15) is 0 Å². The van der Waals surface area contributed by atoms with E-state index >= 15 is 0 Å². The summed E-state index contributed by atoms with van der Waals surface area (Å²) in [6, 6.07) is 5.07. The highest BCUT2D eigenvalue weighted by atomic mass is 35.5. The van der Waals surface area contributed by atoms with Gasteiger partial charge >= 0.3 is 0 Å². The van der Waals surface area contributed by atoms with Gasteiger partial charge in [-0.05, 0) is 30.5 Å². The molecule has 1 N–H and O–H groups in total. The van der Waals surface area contributed by atoms with Gasteiger partial charge < -0.3 is 5.32 Å². The van der Waals surface area contributed by atoms with Crippen molar-refractivity contribution in [2.75, 3.05) is 0 Å². The van der Waals surface area contributed by atoms with Crippen molar-refractivity contribution in [1.82, 2.24) is 5.32 Å². The summed E-state index contributed by atoms with van der Waals surface area (Å²) in [6.07, 6.45) is 0. The summed E-state index contributed by atoms with van der Waals surface area (Å²) in [5.74, 6) is 0.0908. The third-order valence-electron chi connectivity index (χ3n) is 2.69. The van der Waals surface area contributed by atoms with Crippen LogP contribution in [0.5, 0.6) is 0 Å². The Labute approximate surface area is 123 Å². The van der Waals surface area contributed by atoms with Gasteiger partial charge in [-0.25, -0.2) is 0 Å². The monoisotopic (exact) mass is 305 g/mol. The highest BCUT2D eigenvalue weighted by Crippen LogP contribution is 2.26. The van der Waals surface area contributed by atoms with Gasteiger partial charge in [-0.2, -0.15) is 12.6 Å². The van der Waals surface area contributed by atoms with Crippen LogP contribution in [0.15, 0.2) is 18.2 Å². The van der Waals surface area contributed by atoms with Crippen molar-refractivity contribution in [2.24, 2.45) is 5.92 Å². The molecule has 2 atom stereocenters. The molecule has 2 nitrogen and oxygen atoms in total. The zero-order valence-electron chi connectivity index (χ0n) is 10.6. The minimum Gasteiger partial charge on any atom is -0.349 e. The number of benzene rings is 1. The van der Waals surface area contributed by atoms with Gasteiger partial charge in [0.2, 0.25) is 5.91 Å². The highest BCUT2D eigenvalue weighted by Gasteiger charge is 2.20. The largest absolute Gasteiger partial charge is 0.349 e. The van der Waals surface area contributed by atoms with Gasteiger partial charge in [0.15, 0.2) is 0 Å². The summed E-state index contributed by atoms with van der Waals surface area (Å²) in [5.41, 5.74) is 0.846. The Morgan fingerprint density at radius 3 is 2.39 bits per heavy atom. The van der Waals surface area contributed by atoms with Gasteiger partial charge in [-0.3, -0.25) is 4.79 Å². The Hall–Kier alpha value is -0.380. The number of carbonyl (C=O) groups is 1.